The molecule has 27 heavy (non-hydrogen) atoms. The van der Waals surface area contributed by atoms with E-state index in [4.69, 9.17) is 11.6 Å². The molecule has 4 nitrogen and oxygen atoms in total. The second-order valence-electron chi connectivity index (χ2n) is 5.09. The SMILES string of the molecule is N#Cc1c(Br)c(C(F)(F)F)n(CNC(=O)C(F)(F)F)c1-c1ccc(Cl)cc1. The van der Waals surface area contributed by atoms with Gasteiger partial charge in [0.2, 0.25) is 0 Å². The quantitative estimate of drug-likeness (QED) is 0.630. The highest BCUT2D eigenvalue weighted by molar-refractivity contribution is 9.10. The number of carbonyl (C=O) groups is 1. The summed E-state index contributed by atoms with van der Waals surface area (Å²) in [7, 11) is 0. The molecule has 0 bridgehead atoms. The molecule has 0 aliphatic carbocycles. The van der Waals surface area contributed by atoms with Crippen molar-refractivity contribution in [1.29, 1.82) is 5.26 Å². The third-order valence-electron chi connectivity index (χ3n) is 3.36. The van der Waals surface area contributed by atoms with Crippen LogP contribution in [0.5, 0.6) is 0 Å². The summed E-state index contributed by atoms with van der Waals surface area (Å²) in [6.07, 6.45) is -10.3. The van der Waals surface area contributed by atoms with Crippen molar-refractivity contribution in [2.24, 2.45) is 0 Å². The molecular weight excluding hydrogens is 468 g/mol. The number of amides is 1. The van der Waals surface area contributed by atoms with E-state index in [9.17, 15) is 36.4 Å². The van der Waals surface area contributed by atoms with Crippen LogP contribution in [-0.4, -0.2) is 16.7 Å². The average molecular weight is 475 g/mol. The lowest BCUT2D eigenvalue weighted by molar-refractivity contribution is -0.174. The summed E-state index contributed by atoms with van der Waals surface area (Å²) < 4.78 is 77.3. The third kappa shape index (κ3) is 4.39. The fraction of sp³-hybridized carbons (Fsp3) is 0.200. The summed E-state index contributed by atoms with van der Waals surface area (Å²) in [5.74, 6) is -2.42. The van der Waals surface area contributed by atoms with Crippen LogP contribution in [0.1, 0.15) is 11.3 Å². The van der Waals surface area contributed by atoms with E-state index in [1.165, 1.54) is 29.6 Å². The maximum Gasteiger partial charge on any atom is 0.471 e. The van der Waals surface area contributed by atoms with Crippen molar-refractivity contribution in [3.05, 3.63) is 45.0 Å². The predicted molar refractivity (Wildman–Crippen MR) is 86.5 cm³/mol. The number of nitrogens with one attached hydrogen (secondary N) is 1. The van der Waals surface area contributed by atoms with Crippen LogP contribution in [0.2, 0.25) is 5.02 Å². The Balaban J connectivity index is 2.68. The van der Waals surface area contributed by atoms with Gasteiger partial charge in [-0.15, -0.1) is 0 Å². The monoisotopic (exact) mass is 473 g/mol. The van der Waals surface area contributed by atoms with Gasteiger partial charge in [0.25, 0.3) is 0 Å². The molecule has 0 unspecified atom stereocenters. The average Bonchev–Trinajstić information content (AvgIpc) is 2.84. The number of nitrogens with zero attached hydrogens (tertiary/aromatic N) is 2. The Morgan fingerprint density at radius 3 is 2.19 bits per heavy atom. The van der Waals surface area contributed by atoms with Crippen LogP contribution in [0, 0.1) is 11.3 Å². The Kier molecular flexibility index (Phi) is 5.82. The molecule has 0 aliphatic heterocycles. The molecule has 2 aromatic rings. The van der Waals surface area contributed by atoms with E-state index in [-0.39, 0.29) is 16.3 Å². The fourth-order valence-electron chi connectivity index (χ4n) is 2.28. The summed E-state index contributed by atoms with van der Waals surface area (Å²) in [6.45, 7) is -1.16. The summed E-state index contributed by atoms with van der Waals surface area (Å²) in [5, 5.41) is 10.9. The molecule has 1 heterocycles. The summed E-state index contributed by atoms with van der Waals surface area (Å²) in [4.78, 5) is 11.0. The van der Waals surface area contributed by atoms with Gasteiger partial charge in [0.15, 0.2) is 0 Å². The molecule has 12 heteroatoms. The second kappa shape index (κ2) is 7.44. The van der Waals surface area contributed by atoms with Crippen molar-refractivity contribution >= 4 is 33.4 Å². The number of halogens is 8. The summed E-state index contributed by atoms with van der Waals surface area (Å²) >= 11 is 8.41. The van der Waals surface area contributed by atoms with Crippen molar-refractivity contribution in [1.82, 2.24) is 9.88 Å². The van der Waals surface area contributed by atoms with E-state index in [0.29, 0.717) is 4.57 Å². The van der Waals surface area contributed by atoms with Crippen LogP contribution < -0.4 is 5.32 Å². The first-order valence-corrected chi connectivity index (χ1v) is 8.05. The van der Waals surface area contributed by atoms with Gasteiger partial charge in [0.05, 0.1) is 22.4 Å². The third-order valence-corrected chi connectivity index (χ3v) is 4.38. The molecule has 0 radical (unpaired) electrons. The minimum absolute atomic E-state index is 0.0911. The Morgan fingerprint density at radius 2 is 1.74 bits per heavy atom. The van der Waals surface area contributed by atoms with Crippen molar-refractivity contribution in [3.63, 3.8) is 0 Å². The van der Waals surface area contributed by atoms with Gasteiger partial charge < -0.3 is 9.88 Å². The molecule has 1 N–H and O–H groups in total. The molecule has 1 amide bonds. The van der Waals surface area contributed by atoms with E-state index in [1.807, 2.05) is 0 Å². The van der Waals surface area contributed by atoms with E-state index in [1.54, 1.807) is 6.07 Å². The molecule has 1 aromatic heterocycles. The van der Waals surface area contributed by atoms with Crippen molar-refractivity contribution in [3.8, 4) is 17.3 Å². The predicted octanol–water partition coefficient (Wildman–Crippen LogP) is 5.10. The lowest BCUT2D eigenvalue weighted by Gasteiger charge is -2.17. The summed E-state index contributed by atoms with van der Waals surface area (Å²) in [6, 6.07) is 6.87. The van der Waals surface area contributed by atoms with Crippen LogP contribution in [0.25, 0.3) is 11.3 Å². The van der Waals surface area contributed by atoms with Crippen molar-refractivity contribution < 1.29 is 31.1 Å². The first-order valence-electron chi connectivity index (χ1n) is 6.88. The number of alkyl halides is 6. The molecule has 0 spiro atoms. The lowest BCUT2D eigenvalue weighted by Crippen LogP contribution is -2.38. The molecule has 144 valence electrons. The van der Waals surface area contributed by atoms with Gasteiger partial charge in [-0.25, -0.2) is 0 Å². The normalized spacial score (nSPS) is 12.0. The van der Waals surface area contributed by atoms with E-state index in [0.717, 1.165) is 0 Å². The Morgan fingerprint density at radius 1 is 1.19 bits per heavy atom. The van der Waals surface area contributed by atoms with Gasteiger partial charge in [-0.2, -0.15) is 31.6 Å². The topological polar surface area (TPSA) is 57.8 Å². The maximum absolute atomic E-state index is 13.5. The highest BCUT2D eigenvalue weighted by atomic mass is 79.9. The van der Waals surface area contributed by atoms with Crippen LogP contribution in [-0.2, 0) is 17.6 Å². The van der Waals surface area contributed by atoms with Gasteiger partial charge in [0, 0.05) is 5.02 Å². The van der Waals surface area contributed by atoms with Crippen LogP contribution >= 0.6 is 27.5 Å². The first kappa shape index (κ1) is 21.1. The molecule has 0 saturated carbocycles. The molecule has 0 aliphatic rings. The van der Waals surface area contributed by atoms with Crippen molar-refractivity contribution in [2.75, 3.05) is 0 Å². The zero-order valence-electron chi connectivity index (χ0n) is 12.8. The number of carbonyl (C=O) groups excluding carboxylic acids is 1. The van der Waals surface area contributed by atoms with Gasteiger partial charge in [-0.1, -0.05) is 23.7 Å². The second-order valence-corrected chi connectivity index (χ2v) is 6.32. The molecule has 0 fully saturated rings. The number of benzene rings is 1. The minimum Gasteiger partial charge on any atom is -0.330 e. The molecule has 1 aromatic carbocycles. The number of hydrogen-bond acceptors (Lipinski definition) is 2. The van der Waals surface area contributed by atoms with Crippen LogP contribution in [0.4, 0.5) is 26.3 Å². The minimum atomic E-state index is -5.28. The van der Waals surface area contributed by atoms with E-state index in [2.05, 4.69) is 15.9 Å². The zero-order chi connectivity index (χ0) is 20.6. The Hall–Kier alpha value is -2.19. The number of aromatic nitrogens is 1. The first-order chi connectivity index (χ1) is 12.4. The van der Waals surface area contributed by atoms with E-state index < -0.39 is 40.7 Å². The highest BCUT2D eigenvalue weighted by Gasteiger charge is 2.42. The molecule has 0 atom stereocenters. The molecular formula is C15H7BrClF6N3O. The standard InChI is InChI=1S/C15H7BrClF6N3O/c16-10-9(5-24)11(7-1-3-8(17)4-2-7)26(12(10)14(18,19)20)6-25-13(27)15(21,22)23/h1-4H,6H2,(H,25,27). The number of hydrogen-bond donors (Lipinski definition) is 1. The van der Waals surface area contributed by atoms with Gasteiger partial charge >= 0.3 is 18.3 Å². The Labute approximate surface area is 161 Å². The smallest absolute Gasteiger partial charge is 0.330 e. The summed E-state index contributed by atoms with van der Waals surface area (Å²) in [5.41, 5.74) is -2.10. The number of rotatable bonds is 3. The largest absolute Gasteiger partial charge is 0.471 e. The van der Waals surface area contributed by atoms with Crippen molar-refractivity contribution in [2.45, 2.75) is 19.0 Å². The Bertz CT molecular complexity index is 912. The number of nitriles is 1. The zero-order valence-corrected chi connectivity index (χ0v) is 15.2. The van der Waals surface area contributed by atoms with Gasteiger partial charge in [0.1, 0.15) is 11.8 Å². The van der Waals surface area contributed by atoms with E-state index >= 15 is 0 Å². The molecule has 0 saturated heterocycles. The highest BCUT2D eigenvalue weighted by Crippen LogP contribution is 2.43. The van der Waals surface area contributed by atoms with Gasteiger partial charge in [-0.3, -0.25) is 4.79 Å². The maximum atomic E-state index is 13.5. The fourth-order valence-corrected chi connectivity index (χ4v) is 3.13. The molecule has 2 rings (SSSR count). The van der Waals surface area contributed by atoms with Crippen LogP contribution in [0.15, 0.2) is 28.7 Å². The lowest BCUT2D eigenvalue weighted by atomic mass is 10.1. The van der Waals surface area contributed by atoms with Gasteiger partial charge in [-0.05, 0) is 33.6 Å². The van der Waals surface area contributed by atoms with Crippen LogP contribution in [0.3, 0.4) is 0 Å².